The van der Waals surface area contributed by atoms with Crippen molar-refractivity contribution in [2.75, 3.05) is 13.1 Å². The van der Waals surface area contributed by atoms with E-state index in [-0.39, 0.29) is 0 Å². The molecule has 1 N–H and O–H groups in total. The van der Waals surface area contributed by atoms with Gasteiger partial charge in [0.15, 0.2) is 5.65 Å². The summed E-state index contributed by atoms with van der Waals surface area (Å²) in [5.74, 6) is 0.878. The van der Waals surface area contributed by atoms with Crippen LogP contribution >= 0.6 is 0 Å². The predicted octanol–water partition coefficient (Wildman–Crippen LogP) is 2.56. The minimum Gasteiger partial charge on any atom is -0.316 e. The van der Waals surface area contributed by atoms with Crippen LogP contribution < -0.4 is 5.32 Å². The third-order valence-corrected chi connectivity index (χ3v) is 3.73. The summed E-state index contributed by atoms with van der Waals surface area (Å²) in [6.45, 7) is 2.40. The number of pyridine rings is 2. The van der Waals surface area contributed by atoms with Gasteiger partial charge in [-0.25, -0.2) is 9.97 Å². The lowest BCUT2D eigenvalue weighted by molar-refractivity contribution is 0.508. The van der Waals surface area contributed by atoms with Gasteiger partial charge in [0.25, 0.3) is 0 Å². The Morgan fingerprint density at radius 3 is 3.17 bits per heavy atom. The second-order valence-electron chi connectivity index (χ2n) is 5.10. The van der Waals surface area contributed by atoms with Crippen molar-refractivity contribution in [1.82, 2.24) is 15.3 Å². The number of fused-ring (bicyclic) bond motifs is 1. The van der Waals surface area contributed by atoms with Gasteiger partial charge in [0.05, 0.1) is 0 Å². The average Bonchev–Trinajstić information content (AvgIpc) is 2.92. The summed E-state index contributed by atoms with van der Waals surface area (Å²) >= 11 is 0. The quantitative estimate of drug-likeness (QED) is 0.894. The molecular formula is C15H19N3. The van der Waals surface area contributed by atoms with E-state index in [0.29, 0.717) is 0 Å². The molecule has 0 saturated carbocycles. The molecule has 0 aromatic carbocycles. The second kappa shape index (κ2) is 5.44. The maximum atomic E-state index is 4.61. The molecule has 3 rings (SSSR count). The molecule has 3 heterocycles. The SMILES string of the molecule is c1cnc2nc(CCCC3CCNC3)ccc2c1. The Morgan fingerprint density at radius 1 is 1.28 bits per heavy atom. The van der Waals surface area contributed by atoms with Crippen molar-refractivity contribution in [2.45, 2.75) is 25.7 Å². The van der Waals surface area contributed by atoms with Gasteiger partial charge in [0.1, 0.15) is 0 Å². The zero-order valence-corrected chi connectivity index (χ0v) is 10.6. The van der Waals surface area contributed by atoms with Crippen molar-refractivity contribution in [2.24, 2.45) is 5.92 Å². The molecule has 0 amide bonds. The fourth-order valence-corrected chi connectivity index (χ4v) is 2.66. The molecule has 1 saturated heterocycles. The molecule has 3 heteroatoms. The number of hydrogen-bond donors (Lipinski definition) is 1. The molecule has 1 atom stereocenters. The lowest BCUT2D eigenvalue weighted by Gasteiger charge is -2.07. The van der Waals surface area contributed by atoms with Gasteiger partial charge in [-0.05, 0) is 69.0 Å². The van der Waals surface area contributed by atoms with E-state index in [9.17, 15) is 0 Å². The lowest BCUT2D eigenvalue weighted by atomic mass is 10.0. The van der Waals surface area contributed by atoms with E-state index in [1.165, 1.54) is 38.0 Å². The minimum absolute atomic E-state index is 0.873. The molecule has 1 unspecified atom stereocenters. The van der Waals surface area contributed by atoms with E-state index < -0.39 is 0 Å². The smallest absolute Gasteiger partial charge is 0.159 e. The van der Waals surface area contributed by atoms with Crippen molar-refractivity contribution >= 4 is 11.0 Å². The van der Waals surface area contributed by atoms with Crippen molar-refractivity contribution in [3.05, 3.63) is 36.2 Å². The van der Waals surface area contributed by atoms with Crippen LogP contribution in [0.4, 0.5) is 0 Å². The summed E-state index contributed by atoms with van der Waals surface area (Å²) in [5, 5.41) is 4.55. The molecule has 3 nitrogen and oxygen atoms in total. The molecule has 0 radical (unpaired) electrons. The molecule has 1 fully saturated rings. The normalized spacial score (nSPS) is 19.4. The van der Waals surface area contributed by atoms with Crippen molar-refractivity contribution < 1.29 is 0 Å². The third-order valence-electron chi connectivity index (χ3n) is 3.73. The van der Waals surface area contributed by atoms with Crippen LogP contribution in [0.5, 0.6) is 0 Å². The molecular weight excluding hydrogens is 222 g/mol. The standard InChI is InChI=1S/C15H19N3/c1(3-12-8-10-16-11-12)5-14-7-6-13-4-2-9-17-15(13)18-14/h2,4,6-7,9,12,16H,1,3,5,8,10-11H2. The summed E-state index contributed by atoms with van der Waals surface area (Å²) in [5.41, 5.74) is 2.05. The van der Waals surface area contributed by atoms with E-state index in [4.69, 9.17) is 0 Å². The van der Waals surface area contributed by atoms with Gasteiger partial charge in [-0.3, -0.25) is 0 Å². The highest BCUT2D eigenvalue weighted by atomic mass is 14.9. The fraction of sp³-hybridized carbons (Fsp3) is 0.467. The number of nitrogens with one attached hydrogen (secondary N) is 1. The molecule has 1 aliphatic rings. The first-order valence-corrected chi connectivity index (χ1v) is 6.83. The van der Waals surface area contributed by atoms with Crippen LogP contribution in [0.3, 0.4) is 0 Å². The van der Waals surface area contributed by atoms with Gasteiger partial charge in [0, 0.05) is 17.3 Å². The molecule has 0 spiro atoms. The third kappa shape index (κ3) is 2.67. The Morgan fingerprint density at radius 2 is 2.28 bits per heavy atom. The first kappa shape index (κ1) is 11.6. The highest BCUT2D eigenvalue weighted by Gasteiger charge is 2.13. The zero-order valence-electron chi connectivity index (χ0n) is 10.6. The number of aryl methyl sites for hydroxylation is 1. The molecule has 2 aromatic rings. The monoisotopic (exact) mass is 241 g/mol. The maximum absolute atomic E-state index is 4.61. The Labute approximate surface area is 108 Å². The van der Waals surface area contributed by atoms with Gasteiger partial charge in [-0.1, -0.05) is 0 Å². The van der Waals surface area contributed by atoms with Crippen molar-refractivity contribution in [3.8, 4) is 0 Å². The number of nitrogens with zero attached hydrogens (tertiary/aromatic N) is 2. The highest BCUT2D eigenvalue weighted by Crippen LogP contribution is 2.17. The van der Waals surface area contributed by atoms with Gasteiger partial charge in [0.2, 0.25) is 0 Å². The zero-order chi connectivity index (χ0) is 12.2. The van der Waals surface area contributed by atoms with Crippen LogP contribution in [0, 0.1) is 5.92 Å². The number of hydrogen-bond acceptors (Lipinski definition) is 3. The lowest BCUT2D eigenvalue weighted by Crippen LogP contribution is -2.09. The van der Waals surface area contributed by atoms with Crippen LogP contribution in [0.1, 0.15) is 25.0 Å². The number of aromatic nitrogens is 2. The molecule has 0 aliphatic carbocycles. The first-order chi connectivity index (χ1) is 8.92. The summed E-state index contributed by atoms with van der Waals surface area (Å²) in [4.78, 5) is 8.92. The molecule has 94 valence electrons. The Balaban J connectivity index is 1.60. The molecule has 1 aliphatic heterocycles. The van der Waals surface area contributed by atoms with Crippen LogP contribution in [-0.2, 0) is 6.42 Å². The van der Waals surface area contributed by atoms with Gasteiger partial charge in [-0.2, -0.15) is 0 Å². The van der Waals surface area contributed by atoms with Gasteiger partial charge in [-0.15, -0.1) is 0 Å². The topological polar surface area (TPSA) is 37.8 Å². The number of rotatable bonds is 4. The average molecular weight is 241 g/mol. The van der Waals surface area contributed by atoms with E-state index in [2.05, 4.69) is 33.5 Å². The predicted molar refractivity (Wildman–Crippen MR) is 73.5 cm³/mol. The fourth-order valence-electron chi connectivity index (χ4n) is 2.66. The van der Waals surface area contributed by atoms with E-state index in [0.717, 1.165) is 23.4 Å². The summed E-state index contributed by atoms with van der Waals surface area (Å²) in [6.07, 6.45) is 6.77. The Bertz CT molecular complexity index is 518. The molecule has 0 bridgehead atoms. The van der Waals surface area contributed by atoms with E-state index >= 15 is 0 Å². The van der Waals surface area contributed by atoms with E-state index in [1.807, 2.05) is 12.3 Å². The largest absolute Gasteiger partial charge is 0.316 e. The van der Waals surface area contributed by atoms with Crippen molar-refractivity contribution in [1.29, 1.82) is 0 Å². The summed E-state index contributed by atoms with van der Waals surface area (Å²) in [6, 6.07) is 8.28. The van der Waals surface area contributed by atoms with Crippen LogP contribution in [0.2, 0.25) is 0 Å². The van der Waals surface area contributed by atoms with Gasteiger partial charge >= 0.3 is 0 Å². The van der Waals surface area contributed by atoms with Crippen molar-refractivity contribution in [3.63, 3.8) is 0 Å². The molecule has 2 aromatic heterocycles. The van der Waals surface area contributed by atoms with Gasteiger partial charge < -0.3 is 5.32 Å². The Hall–Kier alpha value is -1.48. The molecule has 18 heavy (non-hydrogen) atoms. The highest BCUT2D eigenvalue weighted by molar-refractivity contribution is 5.74. The van der Waals surface area contributed by atoms with E-state index in [1.54, 1.807) is 0 Å². The van der Waals surface area contributed by atoms with Crippen LogP contribution in [0.25, 0.3) is 11.0 Å². The van der Waals surface area contributed by atoms with Crippen LogP contribution in [0.15, 0.2) is 30.5 Å². The summed E-state index contributed by atoms with van der Waals surface area (Å²) in [7, 11) is 0. The van der Waals surface area contributed by atoms with Crippen LogP contribution in [-0.4, -0.2) is 23.1 Å². The maximum Gasteiger partial charge on any atom is 0.159 e. The second-order valence-corrected chi connectivity index (χ2v) is 5.10. The Kier molecular flexibility index (Phi) is 3.51. The first-order valence-electron chi connectivity index (χ1n) is 6.83. The summed E-state index contributed by atoms with van der Waals surface area (Å²) < 4.78 is 0. The minimum atomic E-state index is 0.873.